The van der Waals surface area contributed by atoms with Crippen LogP contribution in [0.3, 0.4) is 0 Å². The van der Waals surface area contributed by atoms with Crippen LogP contribution in [-0.4, -0.2) is 37.1 Å². The molecule has 3 N–H and O–H groups in total. The first-order chi connectivity index (χ1) is 8.81. The number of rotatable bonds is 5. The van der Waals surface area contributed by atoms with Gasteiger partial charge in [0, 0.05) is 25.8 Å². The summed E-state index contributed by atoms with van der Waals surface area (Å²) in [7, 11) is 0. The Labute approximate surface area is 107 Å². The van der Waals surface area contributed by atoms with E-state index >= 15 is 0 Å². The van der Waals surface area contributed by atoms with E-state index in [4.69, 9.17) is 5.73 Å². The van der Waals surface area contributed by atoms with E-state index in [1.807, 2.05) is 12.1 Å². The SMILES string of the molecule is NCCCNC(=O)c1ccc(N2CCCC2)nc1. The summed E-state index contributed by atoms with van der Waals surface area (Å²) in [6.45, 7) is 3.33. The molecule has 1 aliphatic rings. The van der Waals surface area contributed by atoms with E-state index in [0.29, 0.717) is 18.7 Å². The fourth-order valence-electron chi connectivity index (χ4n) is 2.06. The zero-order chi connectivity index (χ0) is 12.8. The number of carbonyl (C=O) groups excluding carboxylic acids is 1. The average molecular weight is 248 g/mol. The van der Waals surface area contributed by atoms with Crippen molar-refractivity contribution in [1.82, 2.24) is 10.3 Å². The summed E-state index contributed by atoms with van der Waals surface area (Å²) in [5.74, 6) is 0.884. The zero-order valence-corrected chi connectivity index (χ0v) is 10.6. The summed E-state index contributed by atoms with van der Waals surface area (Å²) in [5, 5.41) is 2.82. The lowest BCUT2D eigenvalue weighted by atomic mass is 10.2. The van der Waals surface area contributed by atoms with E-state index < -0.39 is 0 Å². The van der Waals surface area contributed by atoms with Crippen LogP contribution in [0.5, 0.6) is 0 Å². The summed E-state index contributed by atoms with van der Waals surface area (Å²) < 4.78 is 0. The van der Waals surface area contributed by atoms with Crippen LogP contribution in [0.15, 0.2) is 18.3 Å². The second-order valence-corrected chi connectivity index (χ2v) is 4.50. The lowest BCUT2D eigenvalue weighted by molar-refractivity contribution is 0.0953. The fraction of sp³-hybridized carbons (Fsp3) is 0.538. The molecule has 18 heavy (non-hydrogen) atoms. The first-order valence-electron chi connectivity index (χ1n) is 6.50. The highest BCUT2D eigenvalue weighted by molar-refractivity contribution is 5.94. The minimum absolute atomic E-state index is 0.0797. The Kier molecular flexibility index (Phi) is 4.52. The number of nitrogens with two attached hydrogens (primary N) is 1. The molecule has 5 nitrogen and oxygen atoms in total. The second kappa shape index (κ2) is 6.35. The predicted octanol–water partition coefficient (Wildman–Crippen LogP) is 0.760. The Hall–Kier alpha value is -1.62. The molecule has 0 bridgehead atoms. The molecule has 0 saturated carbocycles. The van der Waals surface area contributed by atoms with Gasteiger partial charge in [0.15, 0.2) is 0 Å². The van der Waals surface area contributed by atoms with Gasteiger partial charge in [0.05, 0.1) is 5.56 Å². The number of anilines is 1. The fourth-order valence-corrected chi connectivity index (χ4v) is 2.06. The molecule has 1 aliphatic heterocycles. The van der Waals surface area contributed by atoms with Crippen molar-refractivity contribution in [3.8, 4) is 0 Å². The number of hydrogen-bond donors (Lipinski definition) is 2. The molecule has 0 unspecified atom stereocenters. The molecule has 0 radical (unpaired) electrons. The van der Waals surface area contributed by atoms with Gasteiger partial charge in [0.1, 0.15) is 5.82 Å². The van der Waals surface area contributed by atoms with Crippen LogP contribution in [0.25, 0.3) is 0 Å². The molecule has 0 aliphatic carbocycles. The number of amides is 1. The highest BCUT2D eigenvalue weighted by Gasteiger charge is 2.13. The third kappa shape index (κ3) is 3.20. The van der Waals surface area contributed by atoms with Gasteiger partial charge in [-0.15, -0.1) is 0 Å². The number of nitrogens with zero attached hydrogens (tertiary/aromatic N) is 2. The number of hydrogen-bond acceptors (Lipinski definition) is 4. The van der Waals surface area contributed by atoms with Crippen LogP contribution < -0.4 is 16.0 Å². The Morgan fingerprint density at radius 1 is 1.39 bits per heavy atom. The first-order valence-corrected chi connectivity index (χ1v) is 6.50. The Balaban J connectivity index is 1.92. The molecule has 1 fully saturated rings. The van der Waals surface area contributed by atoms with Crippen molar-refractivity contribution in [3.05, 3.63) is 23.9 Å². The molecular formula is C13H20N4O. The topological polar surface area (TPSA) is 71.2 Å². The summed E-state index contributed by atoms with van der Waals surface area (Å²) in [4.78, 5) is 18.3. The van der Waals surface area contributed by atoms with Crippen LogP contribution >= 0.6 is 0 Å². The van der Waals surface area contributed by atoms with Crippen molar-refractivity contribution < 1.29 is 4.79 Å². The van der Waals surface area contributed by atoms with E-state index in [0.717, 1.165) is 25.3 Å². The maximum Gasteiger partial charge on any atom is 0.252 e. The van der Waals surface area contributed by atoms with Crippen molar-refractivity contribution in [2.45, 2.75) is 19.3 Å². The molecule has 0 aromatic carbocycles. The normalized spacial score (nSPS) is 14.8. The van der Waals surface area contributed by atoms with Crippen LogP contribution in [0.4, 0.5) is 5.82 Å². The molecule has 0 atom stereocenters. The van der Waals surface area contributed by atoms with Crippen molar-refractivity contribution in [1.29, 1.82) is 0 Å². The van der Waals surface area contributed by atoms with Crippen molar-refractivity contribution in [3.63, 3.8) is 0 Å². The molecule has 2 heterocycles. The number of aromatic nitrogens is 1. The first kappa shape index (κ1) is 12.8. The largest absolute Gasteiger partial charge is 0.357 e. The van der Waals surface area contributed by atoms with Crippen molar-refractivity contribution in [2.24, 2.45) is 5.73 Å². The van der Waals surface area contributed by atoms with Gasteiger partial charge in [-0.3, -0.25) is 4.79 Å². The van der Waals surface area contributed by atoms with Crippen LogP contribution in [0.2, 0.25) is 0 Å². The van der Waals surface area contributed by atoms with Crippen LogP contribution in [0.1, 0.15) is 29.6 Å². The van der Waals surface area contributed by atoms with Gasteiger partial charge in [0.25, 0.3) is 5.91 Å². The standard InChI is InChI=1S/C13H20N4O/c14-6-3-7-15-13(18)11-4-5-12(16-10-11)17-8-1-2-9-17/h4-5,10H,1-3,6-9,14H2,(H,15,18). The summed E-state index contributed by atoms with van der Waals surface area (Å²) in [5.41, 5.74) is 5.98. The van der Waals surface area contributed by atoms with E-state index in [9.17, 15) is 4.79 Å². The molecule has 98 valence electrons. The summed E-state index contributed by atoms with van der Waals surface area (Å²) in [6, 6.07) is 3.75. The van der Waals surface area contributed by atoms with Crippen molar-refractivity contribution >= 4 is 11.7 Å². The molecular weight excluding hydrogens is 228 g/mol. The minimum Gasteiger partial charge on any atom is -0.357 e. The van der Waals surface area contributed by atoms with E-state index in [-0.39, 0.29) is 5.91 Å². The van der Waals surface area contributed by atoms with Gasteiger partial charge in [-0.2, -0.15) is 0 Å². The molecule has 1 aromatic heterocycles. The lowest BCUT2D eigenvalue weighted by Gasteiger charge is -2.16. The number of nitrogens with one attached hydrogen (secondary N) is 1. The minimum atomic E-state index is -0.0797. The second-order valence-electron chi connectivity index (χ2n) is 4.50. The van der Waals surface area contributed by atoms with Gasteiger partial charge < -0.3 is 16.0 Å². The summed E-state index contributed by atoms with van der Waals surface area (Å²) >= 11 is 0. The molecule has 5 heteroatoms. The van der Waals surface area contributed by atoms with Gasteiger partial charge >= 0.3 is 0 Å². The molecule has 1 aromatic rings. The van der Waals surface area contributed by atoms with Gasteiger partial charge in [-0.05, 0) is 37.9 Å². The van der Waals surface area contributed by atoms with Gasteiger partial charge in [-0.25, -0.2) is 4.98 Å². The van der Waals surface area contributed by atoms with E-state index in [1.165, 1.54) is 12.8 Å². The monoisotopic (exact) mass is 248 g/mol. The number of pyridine rings is 1. The van der Waals surface area contributed by atoms with Crippen LogP contribution in [-0.2, 0) is 0 Å². The van der Waals surface area contributed by atoms with E-state index in [2.05, 4.69) is 15.2 Å². The van der Waals surface area contributed by atoms with Crippen LogP contribution in [0, 0.1) is 0 Å². The highest BCUT2D eigenvalue weighted by atomic mass is 16.1. The molecule has 2 rings (SSSR count). The third-order valence-corrected chi connectivity index (χ3v) is 3.11. The highest BCUT2D eigenvalue weighted by Crippen LogP contribution is 2.17. The maximum atomic E-state index is 11.7. The Bertz CT molecular complexity index is 384. The smallest absolute Gasteiger partial charge is 0.252 e. The molecule has 1 saturated heterocycles. The van der Waals surface area contributed by atoms with Gasteiger partial charge in [0.2, 0.25) is 0 Å². The van der Waals surface area contributed by atoms with Gasteiger partial charge in [-0.1, -0.05) is 0 Å². The Morgan fingerprint density at radius 3 is 2.78 bits per heavy atom. The predicted molar refractivity (Wildman–Crippen MR) is 71.7 cm³/mol. The molecule has 1 amide bonds. The number of carbonyl (C=O) groups is 1. The van der Waals surface area contributed by atoms with Crippen molar-refractivity contribution in [2.75, 3.05) is 31.1 Å². The van der Waals surface area contributed by atoms with E-state index in [1.54, 1.807) is 6.20 Å². The lowest BCUT2D eigenvalue weighted by Crippen LogP contribution is -2.26. The zero-order valence-electron chi connectivity index (χ0n) is 10.6. The Morgan fingerprint density at radius 2 is 2.17 bits per heavy atom. The maximum absolute atomic E-state index is 11.7. The third-order valence-electron chi connectivity index (χ3n) is 3.11. The molecule has 0 spiro atoms. The quantitative estimate of drug-likeness (QED) is 0.755. The summed E-state index contributed by atoms with van der Waals surface area (Å²) in [6.07, 6.45) is 4.89. The average Bonchev–Trinajstić information content (AvgIpc) is 2.93.